The lowest BCUT2D eigenvalue weighted by molar-refractivity contribution is -0.122. The first-order valence-corrected chi connectivity index (χ1v) is 13.7. The van der Waals surface area contributed by atoms with E-state index in [1.165, 1.54) is 4.90 Å². The molecule has 6 rings (SSSR count). The van der Waals surface area contributed by atoms with Gasteiger partial charge in [-0.15, -0.1) is 0 Å². The fourth-order valence-corrected chi connectivity index (χ4v) is 5.61. The van der Waals surface area contributed by atoms with E-state index < -0.39 is 12.6 Å². The van der Waals surface area contributed by atoms with Gasteiger partial charge >= 0.3 is 5.97 Å². The third-order valence-corrected chi connectivity index (χ3v) is 7.95. The number of halogens is 1. The number of Topliss-reactive ketones (excluding diaryl/α,β-unsaturated/α-hetero) is 1. The van der Waals surface area contributed by atoms with Crippen molar-refractivity contribution in [3.05, 3.63) is 107 Å². The maximum atomic E-state index is 13.2. The number of fused-ring (bicyclic) bond motifs is 2. The van der Waals surface area contributed by atoms with Gasteiger partial charge in [0.25, 0.3) is 0 Å². The average Bonchev–Trinajstić information content (AvgIpc) is 3.25. The van der Waals surface area contributed by atoms with Gasteiger partial charge in [0.15, 0.2) is 12.4 Å². The molecule has 0 radical (unpaired) electrons. The number of hydrogen-bond acceptors (Lipinski definition) is 6. The van der Waals surface area contributed by atoms with E-state index >= 15 is 0 Å². The zero-order chi connectivity index (χ0) is 28.7. The van der Waals surface area contributed by atoms with E-state index in [4.69, 9.17) is 21.3 Å². The summed E-state index contributed by atoms with van der Waals surface area (Å²) in [5, 5.41) is 0.852. The van der Waals surface area contributed by atoms with Gasteiger partial charge in [0.1, 0.15) is 0 Å². The Morgan fingerprint density at radius 1 is 0.927 bits per heavy atom. The standard InChI is InChI=1S/C33H25ClN2O5/c1-19-9-11-21(12-10-19)29(37)18-41-33(40)26-17-28(35-30-23(26)7-4-8-27(30)34)20-13-15-22(16-14-20)36-31(38)24-5-2-3-6-25(24)32(36)39/h2-4,7-17,24-25H,5-6,18H2,1H3/t24-,25-/m1/s1. The Hall–Kier alpha value is -4.62. The molecule has 0 bridgehead atoms. The molecule has 0 saturated carbocycles. The van der Waals surface area contributed by atoms with Gasteiger partial charge in [-0.2, -0.15) is 0 Å². The SMILES string of the molecule is Cc1ccc(C(=O)COC(=O)c2cc(-c3ccc(N4C(=O)[C@@H]5CC=CC[C@H]5C4=O)cc3)nc3c(Cl)cccc23)cc1. The molecule has 41 heavy (non-hydrogen) atoms. The van der Waals surface area contributed by atoms with Crippen LogP contribution in [0.2, 0.25) is 5.02 Å². The quantitative estimate of drug-likeness (QED) is 0.117. The van der Waals surface area contributed by atoms with Gasteiger partial charge in [0.05, 0.1) is 39.3 Å². The van der Waals surface area contributed by atoms with Crippen LogP contribution in [-0.4, -0.2) is 35.2 Å². The normalized spacial score (nSPS) is 18.0. The van der Waals surface area contributed by atoms with Crippen molar-refractivity contribution >= 4 is 51.8 Å². The van der Waals surface area contributed by atoms with Crippen molar-refractivity contribution < 1.29 is 23.9 Å². The van der Waals surface area contributed by atoms with Gasteiger partial charge in [-0.25, -0.2) is 9.78 Å². The number of rotatable bonds is 6. The molecule has 1 aliphatic carbocycles. The molecule has 1 aromatic heterocycles. The van der Waals surface area contributed by atoms with Gasteiger partial charge in [-0.1, -0.05) is 77.8 Å². The minimum absolute atomic E-state index is 0.182. The number of esters is 1. The smallest absolute Gasteiger partial charge is 0.339 e. The molecule has 1 aliphatic heterocycles. The number of nitrogens with zero attached hydrogens (tertiary/aromatic N) is 2. The molecule has 8 heteroatoms. The lowest BCUT2D eigenvalue weighted by Gasteiger charge is -2.16. The van der Waals surface area contributed by atoms with E-state index in [0.29, 0.717) is 51.3 Å². The second-order valence-electron chi connectivity index (χ2n) is 10.3. The number of para-hydroxylation sites is 1. The van der Waals surface area contributed by atoms with Gasteiger partial charge in [0.2, 0.25) is 11.8 Å². The summed E-state index contributed by atoms with van der Waals surface area (Å²) in [5.41, 5.74) is 3.70. The molecular formula is C33H25ClN2O5. The Morgan fingerprint density at radius 2 is 1.59 bits per heavy atom. The van der Waals surface area contributed by atoms with Crippen molar-refractivity contribution in [1.29, 1.82) is 0 Å². The van der Waals surface area contributed by atoms with E-state index in [2.05, 4.69) is 0 Å². The first kappa shape index (κ1) is 26.6. The topological polar surface area (TPSA) is 93.6 Å². The number of ether oxygens (including phenoxy) is 1. The molecule has 7 nitrogen and oxygen atoms in total. The van der Waals surface area contributed by atoms with Gasteiger partial charge in [-0.05, 0) is 44.0 Å². The minimum atomic E-state index is -0.678. The zero-order valence-electron chi connectivity index (χ0n) is 22.2. The van der Waals surface area contributed by atoms with Crippen molar-refractivity contribution in [3.8, 4) is 11.3 Å². The molecule has 4 aromatic rings. The Kier molecular flexibility index (Phi) is 6.97. The van der Waals surface area contributed by atoms with Crippen LogP contribution >= 0.6 is 11.6 Å². The van der Waals surface area contributed by atoms with Crippen LogP contribution in [0.15, 0.2) is 84.9 Å². The Balaban J connectivity index is 1.29. The first-order chi connectivity index (χ1) is 19.8. The number of carbonyl (C=O) groups excluding carboxylic acids is 4. The van der Waals surface area contributed by atoms with Crippen LogP contribution in [0, 0.1) is 18.8 Å². The summed E-state index contributed by atoms with van der Waals surface area (Å²) >= 11 is 6.46. The summed E-state index contributed by atoms with van der Waals surface area (Å²) in [6.07, 6.45) is 5.05. The number of allylic oxidation sites excluding steroid dienone is 2. The number of ketones is 1. The van der Waals surface area contributed by atoms with E-state index in [-0.39, 0.29) is 35.0 Å². The van der Waals surface area contributed by atoms with Crippen LogP contribution in [0.25, 0.3) is 22.2 Å². The van der Waals surface area contributed by atoms with Crippen LogP contribution in [0.5, 0.6) is 0 Å². The summed E-state index contributed by atoms with van der Waals surface area (Å²) in [7, 11) is 0. The fraction of sp³-hybridized carbons (Fsp3) is 0.182. The van der Waals surface area contributed by atoms with Crippen molar-refractivity contribution in [1.82, 2.24) is 4.98 Å². The maximum Gasteiger partial charge on any atom is 0.339 e. The molecule has 204 valence electrons. The molecule has 2 atom stereocenters. The lowest BCUT2D eigenvalue weighted by atomic mass is 9.85. The molecular weight excluding hydrogens is 540 g/mol. The number of carbonyl (C=O) groups is 4. The number of benzene rings is 3. The monoisotopic (exact) mass is 564 g/mol. The van der Waals surface area contributed by atoms with E-state index in [0.717, 1.165) is 5.56 Å². The summed E-state index contributed by atoms with van der Waals surface area (Å²) < 4.78 is 5.42. The van der Waals surface area contributed by atoms with Crippen LogP contribution in [0.4, 0.5) is 5.69 Å². The third kappa shape index (κ3) is 4.93. The Bertz CT molecular complexity index is 1720. The Morgan fingerprint density at radius 3 is 2.24 bits per heavy atom. The average molecular weight is 565 g/mol. The van der Waals surface area contributed by atoms with E-state index in [9.17, 15) is 19.2 Å². The predicted octanol–water partition coefficient (Wildman–Crippen LogP) is 6.36. The summed E-state index contributed by atoms with van der Waals surface area (Å²) in [6.45, 7) is 1.51. The van der Waals surface area contributed by atoms with Crippen molar-refractivity contribution in [2.24, 2.45) is 11.8 Å². The molecule has 3 aromatic carbocycles. The molecule has 0 N–H and O–H groups in total. The van der Waals surface area contributed by atoms with Gasteiger partial charge < -0.3 is 4.74 Å². The number of amides is 2. The van der Waals surface area contributed by atoms with Crippen LogP contribution in [0.1, 0.15) is 39.1 Å². The molecule has 1 fully saturated rings. The second-order valence-corrected chi connectivity index (χ2v) is 10.7. The van der Waals surface area contributed by atoms with Gasteiger partial charge in [-0.3, -0.25) is 19.3 Å². The first-order valence-electron chi connectivity index (χ1n) is 13.3. The highest BCUT2D eigenvalue weighted by Crippen LogP contribution is 2.38. The molecule has 0 spiro atoms. The fourth-order valence-electron chi connectivity index (χ4n) is 5.40. The number of hydrogen-bond donors (Lipinski definition) is 0. The summed E-state index contributed by atoms with van der Waals surface area (Å²) in [5.74, 6) is -1.99. The van der Waals surface area contributed by atoms with Crippen LogP contribution in [0.3, 0.4) is 0 Å². The van der Waals surface area contributed by atoms with Crippen molar-refractivity contribution in [2.45, 2.75) is 19.8 Å². The number of imide groups is 1. The van der Waals surface area contributed by atoms with Crippen LogP contribution < -0.4 is 4.90 Å². The summed E-state index contributed by atoms with van der Waals surface area (Å²) in [4.78, 5) is 57.8. The second kappa shape index (κ2) is 10.7. The molecule has 1 saturated heterocycles. The number of anilines is 1. The molecule has 0 unspecified atom stereocenters. The maximum absolute atomic E-state index is 13.2. The molecule has 2 heterocycles. The lowest BCUT2D eigenvalue weighted by Crippen LogP contribution is -2.30. The van der Waals surface area contributed by atoms with Crippen molar-refractivity contribution in [3.63, 3.8) is 0 Å². The van der Waals surface area contributed by atoms with Gasteiger partial charge in [0, 0.05) is 16.5 Å². The highest BCUT2D eigenvalue weighted by Gasteiger charge is 2.47. The number of pyridine rings is 1. The zero-order valence-corrected chi connectivity index (χ0v) is 22.9. The molecule has 2 aliphatic rings. The highest BCUT2D eigenvalue weighted by molar-refractivity contribution is 6.35. The Labute approximate surface area is 241 Å². The van der Waals surface area contributed by atoms with Crippen molar-refractivity contribution in [2.75, 3.05) is 11.5 Å². The van der Waals surface area contributed by atoms with E-state index in [1.807, 2.05) is 31.2 Å². The molecule has 2 amide bonds. The number of aromatic nitrogens is 1. The minimum Gasteiger partial charge on any atom is -0.454 e. The summed E-state index contributed by atoms with van der Waals surface area (Å²) in [6, 6.07) is 20.6. The van der Waals surface area contributed by atoms with Crippen LogP contribution in [-0.2, 0) is 14.3 Å². The third-order valence-electron chi connectivity index (χ3n) is 7.65. The largest absolute Gasteiger partial charge is 0.454 e. The number of aryl methyl sites for hydroxylation is 1. The highest BCUT2D eigenvalue weighted by atomic mass is 35.5. The van der Waals surface area contributed by atoms with E-state index in [1.54, 1.807) is 60.7 Å². The predicted molar refractivity (Wildman–Crippen MR) is 156 cm³/mol.